The molecule has 0 aliphatic rings. The minimum atomic E-state index is -0.232. The van der Waals surface area contributed by atoms with Crippen molar-refractivity contribution < 1.29 is 9.13 Å². The Morgan fingerprint density at radius 2 is 1.90 bits per heavy atom. The van der Waals surface area contributed by atoms with Gasteiger partial charge in [-0.1, -0.05) is 18.2 Å². The average Bonchev–Trinajstić information content (AvgIpc) is 2.50. The first-order chi connectivity index (χ1) is 10.1. The van der Waals surface area contributed by atoms with E-state index in [1.165, 1.54) is 11.6 Å². The lowest BCUT2D eigenvalue weighted by Crippen LogP contribution is -2.21. The zero-order valence-corrected chi connectivity index (χ0v) is 13.8. The molecular formula is C17H19BrFNO. The summed E-state index contributed by atoms with van der Waals surface area (Å²) in [5, 5.41) is 3.45. The molecule has 2 rings (SSSR count). The Labute approximate surface area is 133 Å². The molecular weight excluding hydrogens is 333 g/mol. The van der Waals surface area contributed by atoms with E-state index in [-0.39, 0.29) is 11.9 Å². The predicted molar refractivity (Wildman–Crippen MR) is 87.2 cm³/mol. The highest BCUT2D eigenvalue weighted by Gasteiger charge is 2.07. The maximum Gasteiger partial charge on any atom is 0.137 e. The maximum absolute atomic E-state index is 13.2. The summed E-state index contributed by atoms with van der Waals surface area (Å²) >= 11 is 3.22. The largest absolute Gasteiger partial charge is 0.497 e. The van der Waals surface area contributed by atoms with E-state index >= 15 is 0 Å². The molecule has 2 nitrogen and oxygen atoms in total. The van der Waals surface area contributed by atoms with E-state index in [1.54, 1.807) is 7.11 Å². The van der Waals surface area contributed by atoms with Crippen LogP contribution in [-0.4, -0.2) is 13.7 Å². The molecule has 1 N–H and O–H groups in total. The third kappa shape index (κ3) is 4.55. The first-order valence-corrected chi connectivity index (χ1v) is 7.70. The molecule has 0 aromatic heterocycles. The summed E-state index contributed by atoms with van der Waals surface area (Å²) in [7, 11) is 1.67. The van der Waals surface area contributed by atoms with Crippen molar-refractivity contribution in [2.45, 2.75) is 19.4 Å². The molecule has 0 fully saturated rings. The van der Waals surface area contributed by atoms with Crippen LogP contribution in [-0.2, 0) is 6.42 Å². The topological polar surface area (TPSA) is 21.3 Å². The van der Waals surface area contributed by atoms with E-state index in [0.29, 0.717) is 4.47 Å². The average molecular weight is 352 g/mol. The van der Waals surface area contributed by atoms with Crippen molar-refractivity contribution >= 4 is 15.9 Å². The fourth-order valence-corrected chi connectivity index (χ4v) is 2.52. The standard InChI is InChI=1S/C17H19BrFNO/c1-12(14-5-8-17(19)16(18)11-14)20-10-9-13-3-6-15(21-2)7-4-13/h3-8,11-12,20H,9-10H2,1-2H3. The Kier molecular flexibility index (Phi) is 5.76. The fraction of sp³-hybridized carbons (Fsp3) is 0.294. The summed E-state index contributed by atoms with van der Waals surface area (Å²) < 4.78 is 18.9. The molecule has 1 unspecified atom stereocenters. The van der Waals surface area contributed by atoms with Crippen molar-refractivity contribution in [3.05, 3.63) is 63.9 Å². The Bertz CT molecular complexity index is 586. The lowest BCUT2D eigenvalue weighted by Gasteiger charge is -2.15. The van der Waals surface area contributed by atoms with Crippen LogP contribution in [0.15, 0.2) is 46.9 Å². The Balaban J connectivity index is 1.85. The van der Waals surface area contributed by atoms with Gasteiger partial charge in [-0.2, -0.15) is 0 Å². The van der Waals surface area contributed by atoms with Crippen LogP contribution < -0.4 is 10.1 Å². The number of nitrogens with one attached hydrogen (secondary N) is 1. The number of benzene rings is 2. The Morgan fingerprint density at radius 1 is 1.19 bits per heavy atom. The third-order valence-electron chi connectivity index (χ3n) is 3.47. The van der Waals surface area contributed by atoms with Gasteiger partial charge >= 0.3 is 0 Å². The smallest absolute Gasteiger partial charge is 0.137 e. The van der Waals surface area contributed by atoms with Crippen LogP contribution in [0, 0.1) is 5.82 Å². The van der Waals surface area contributed by atoms with Crippen molar-refractivity contribution in [2.75, 3.05) is 13.7 Å². The van der Waals surface area contributed by atoms with E-state index in [1.807, 2.05) is 24.3 Å². The zero-order chi connectivity index (χ0) is 15.2. The lowest BCUT2D eigenvalue weighted by atomic mass is 10.1. The molecule has 0 saturated carbocycles. The Morgan fingerprint density at radius 3 is 2.52 bits per heavy atom. The van der Waals surface area contributed by atoms with Crippen LogP contribution in [0.2, 0.25) is 0 Å². The zero-order valence-electron chi connectivity index (χ0n) is 12.2. The van der Waals surface area contributed by atoms with E-state index < -0.39 is 0 Å². The minimum Gasteiger partial charge on any atom is -0.497 e. The predicted octanol–water partition coefficient (Wildman–Crippen LogP) is 4.49. The first-order valence-electron chi connectivity index (χ1n) is 6.91. The van der Waals surface area contributed by atoms with Gasteiger partial charge in [0.2, 0.25) is 0 Å². The van der Waals surface area contributed by atoms with Crippen LogP contribution in [0.25, 0.3) is 0 Å². The van der Waals surface area contributed by atoms with Gasteiger partial charge in [0, 0.05) is 6.04 Å². The second-order valence-electron chi connectivity index (χ2n) is 4.95. The van der Waals surface area contributed by atoms with E-state index in [9.17, 15) is 4.39 Å². The fourth-order valence-electron chi connectivity index (χ4n) is 2.12. The van der Waals surface area contributed by atoms with Crippen molar-refractivity contribution in [3.63, 3.8) is 0 Å². The monoisotopic (exact) mass is 351 g/mol. The molecule has 0 heterocycles. The van der Waals surface area contributed by atoms with Gasteiger partial charge in [0.25, 0.3) is 0 Å². The highest BCUT2D eigenvalue weighted by Crippen LogP contribution is 2.21. The SMILES string of the molecule is COc1ccc(CCNC(C)c2ccc(F)c(Br)c2)cc1. The molecule has 0 bridgehead atoms. The number of ether oxygens (including phenoxy) is 1. The van der Waals surface area contributed by atoms with Crippen LogP contribution in [0.3, 0.4) is 0 Å². The summed E-state index contributed by atoms with van der Waals surface area (Å²) in [6.45, 7) is 2.94. The third-order valence-corrected chi connectivity index (χ3v) is 4.07. The molecule has 0 spiro atoms. The molecule has 4 heteroatoms. The van der Waals surface area contributed by atoms with Gasteiger partial charge in [-0.3, -0.25) is 0 Å². The van der Waals surface area contributed by atoms with Crippen LogP contribution in [0.4, 0.5) is 4.39 Å². The van der Waals surface area contributed by atoms with Crippen molar-refractivity contribution in [1.82, 2.24) is 5.32 Å². The second kappa shape index (κ2) is 7.57. The van der Waals surface area contributed by atoms with E-state index in [2.05, 4.69) is 40.3 Å². The van der Waals surface area contributed by atoms with Crippen LogP contribution >= 0.6 is 15.9 Å². The van der Waals surface area contributed by atoms with Gasteiger partial charge in [0.1, 0.15) is 11.6 Å². The molecule has 2 aromatic rings. The summed E-state index contributed by atoms with van der Waals surface area (Å²) in [6, 6.07) is 13.4. The van der Waals surface area contributed by atoms with Gasteiger partial charge in [-0.25, -0.2) is 4.39 Å². The minimum absolute atomic E-state index is 0.181. The van der Waals surface area contributed by atoms with E-state index in [0.717, 1.165) is 24.3 Å². The number of methoxy groups -OCH3 is 1. The molecule has 0 amide bonds. The Hall–Kier alpha value is -1.39. The highest BCUT2D eigenvalue weighted by atomic mass is 79.9. The van der Waals surface area contributed by atoms with Gasteiger partial charge in [0.05, 0.1) is 11.6 Å². The molecule has 0 saturated heterocycles. The van der Waals surface area contributed by atoms with Crippen LogP contribution in [0.5, 0.6) is 5.75 Å². The molecule has 0 aliphatic heterocycles. The normalized spacial score (nSPS) is 12.2. The molecule has 0 aliphatic carbocycles. The molecule has 21 heavy (non-hydrogen) atoms. The summed E-state index contributed by atoms with van der Waals surface area (Å²) in [5.41, 5.74) is 2.33. The number of halogens is 2. The molecule has 112 valence electrons. The first kappa shape index (κ1) is 16.0. The lowest BCUT2D eigenvalue weighted by molar-refractivity contribution is 0.414. The maximum atomic E-state index is 13.2. The van der Waals surface area contributed by atoms with E-state index in [4.69, 9.17) is 4.74 Å². The number of hydrogen-bond donors (Lipinski definition) is 1. The quantitative estimate of drug-likeness (QED) is 0.827. The van der Waals surface area contributed by atoms with Gasteiger partial charge in [0.15, 0.2) is 0 Å². The van der Waals surface area contributed by atoms with Gasteiger partial charge < -0.3 is 10.1 Å². The molecule has 1 atom stereocenters. The summed E-state index contributed by atoms with van der Waals surface area (Å²) in [6.07, 6.45) is 0.941. The highest BCUT2D eigenvalue weighted by molar-refractivity contribution is 9.10. The van der Waals surface area contributed by atoms with Crippen LogP contribution in [0.1, 0.15) is 24.1 Å². The van der Waals surface area contributed by atoms with Gasteiger partial charge in [-0.15, -0.1) is 0 Å². The van der Waals surface area contributed by atoms with Crippen molar-refractivity contribution in [1.29, 1.82) is 0 Å². The van der Waals surface area contributed by atoms with Crippen molar-refractivity contribution in [2.24, 2.45) is 0 Å². The molecule has 0 radical (unpaired) electrons. The summed E-state index contributed by atoms with van der Waals surface area (Å²) in [5.74, 6) is 0.639. The summed E-state index contributed by atoms with van der Waals surface area (Å²) in [4.78, 5) is 0. The second-order valence-corrected chi connectivity index (χ2v) is 5.80. The van der Waals surface area contributed by atoms with Gasteiger partial charge in [-0.05, 0) is 71.2 Å². The molecule has 2 aromatic carbocycles. The number of hydrogen-bond acceptors (Lipinski definition) is 2. The number of rotatable bonds is 6. The van der Waals surface area contributed by atoms with Crippen molar-refractivity contribution in [3.8, 4) is 5.75 Å².